The maximum atomic E-state index is 12.2. The van der Waals surface area contributed by atoms with Crippen molar-refractivity contribution in [2.24, 2.45) is 0 Å². The van der Waals surface area contributed by atoms with E-state index in [1.807, 2.05) is 54.6 Å². The monoisotopic (exact) mass is 305 g/mol. The van der Waals surface area contributed by atoms with E-state index in [-0.39, 0.29) is 5.56 Å². The molecule has 2 aromatic carbocycles. The van der Waals surface area contributed by atoms with Gasteiger partial charge in [-0.3, -0.25) is 4.79 Å². The molecular weight excluding hydrogens is 286 g/mol. The van der Waals surface area contributed by atoms with Crippen LogP contribution in [0.25, 0.3) is 0 Å². The summed E-state index contributed by atoms with van der Waals surface area (Å²) in [7, 11) is 0. The van der Waals surface area contributed by atoms with Gasteiger partial charge in [-0.2, -0.15) is 0 Å². The number of para-hydroxylation sites is 1. The fraction of sp³-hybridized carbons (Fsp3) is 0.150. The van der Waals surface area contributed by atoms with Crippen molar-refractivity contribution in [2.75, 3.05) is 0 Å². The van der Waals surface area contributed by atoms with E-state index in [2.05, 4.69) is 0 Å². The van der Waals surface area contributed by atoms with Crippen molar-refractivity contribution < 1.29 is 5.11 Å². The van der Waals surface area contributed by atoms with E-state index in [9.17, 15) is 9.90 Å². The number of aromatic nitrogens is 1. The highest BCUT2D eigenvalue weighted by atomic mass is 16.3. The molecule has 3 heteroatoms. The van der Waals surface area contributed by atoms with Gasteiger partial charge in [0.15, 0.2) is 0 Å². The first-order valence-corrected chi connectivity index (χ1v) is 7.73. The average molecular weight is 305 g/mol. The van der Waals surface area contributed by atoms with E-state index < -0.39 is 0 Å². The zero-order valence-electron chi connectivity index (χ0n) is 12.9. The van der Waals surface area contributed by atoms with Crippen LogP contribution in [0.1, 0.15) is 16.8 Å². The van der Waals surface area contributed by atoms with Gasteiger partial charge < -0.3 is 9.67 Å². The first kappa shape index (κ1) is 15.1. The third-order valence-corrected chi connectivity index (χ3v) is 3.97. The van der Waals surface area contributed by atoms with Crippen LogP contribution in [0.3, 0.4) is 0 Å². The lowest BCUT2D eigenvalue weighted by Gasteiger charge is -2.13. The van der Waals surface area contributed by atoms with Crippen molar-refractivity contribution in [1.82, 2.24) is 4.57 Å². The highest BCUT2D eigenvalue weighted by molar-refractivity contribution is 5.32. The van der Waals surface area contributed by atoms with Crippen molar-refractivity contribution in [3.63, 3.8) is 0 Å². The van der Waals surface area contributed by atoms with Gasteiger partial charge in [-0.25, -0.2) is 0 Å². The van der Waals surface area contributed by atoms with Crippen molar-refractivity contribution in [2.45, 2.75) is 19.4 Å². The Labute approximate surface area is 135 Å². The molecule has 0 radical (unpaired) electrons. The van der Waals surface area contributed by atoms with E-state index in [0.717, 1.165) is 16.8 Å². The van der Waals surface area contributed by atoms with E-state index in [1.165, 1.54) is 0 Å². The van der Waals surface area contributed by atoms with Gasteiger partial charge in [0, 0.05) is 11.8 Å². The van der Waals surface area contributed by atoms with Gasteiger partial charge in [0.2, 0.25) is 0 Å². The van der Waals surface area contributed by atoms with Crippen LogP contribution in [0.4, 0.5) is 0 Å². The van der Waals surface area contributed by atoms with Gasteiger partial charge in [-0.1, -0.05) is 54.6 Å². The normalized spacial score (nSPS) is 10.6. The minimum absolute atomic E-state index is 0.00337. The number of hydrogen-bond donors (Lipinski definition) is 1. The molecule has 116 valence electrons. The number of phenols is 1. The molecule has 0 saturated heterocycles. The predicted octanol–water partition coefficient (Wildman–Crippen LogP) is 3.39. The molecule has 0 saturated carbocycles. The standard InChI is InChI=1S/C20H19NO2/c22-19-11-5-4-9-17(19)13-14-18-10-6-12-20(23)21(18)15-16-7-2-1-3-8-16/h1-12,22H,13-15H2. The molecule has 0 aliphatic carbocycles. The Bertz CT molecular complexity index is 838. The van der Waals surface area contributed by atoms with Crippen LogP contribution in [-0.2, 0) is 19.4 Å². The van der Waals surface area contributed by atoms with Crippen molar-refractivity contribution in [3.05, 3.63) is 100.0 Å². The first-order valence-electron chi connectivity index (χ1n) is 7.73. The molecule has 1 aromatic heterocycles. The van der Waals surface area contributed by atoms with Crippen LogP contribution in [0.2, 0.25) is 0 Å². The SMILES string of the molecule is O=c1cccc(CCc2ccccc2O)n1Cc1ccccc1. The fourth-order valence-electron chi connectivity index (χ4n) is 2.71. The topological polar surface area (TPSA) is 42.2 Å². The number of benzene rings is 2. The summed E-state index contributed by atoms with van der Waals surface area (Å²) >= 11 is 0. The molecule has 1 N–H and O–H groups in total. The number of pyridine rings is 1. The summed E-state index contributed by atoms with van der Waals surface area (Å²) in [5.74, 6) is 0.306. The van der Waals surface area contributed by atoms with E-state index in [1.54, 1.807) is 22.8 Å². The van der Waals surface area contributed by atoms with Crippen LogP contribution in [-0.4, -0.2) is 9.67 Å². The van der Waals surface area contributed by atoms with Crippen LogP contribution in [0.15, 0.2) is 77.6 Å². The minimum Gasteiger partial charge on any atom is -0.508 e. The third-order valence-electron chi connectivity index (χ3n) is 3.97. The van der Waals surface area contributed by atoms with E-state index >= 15 is 0 Å². The summed E-state index contributed by atoms with van der Waals surface area (Å²) in [5, 5.41) is 9.88. The van der Waals surface area contributed by atoms with Crippen LogP contribution in [0, 0.1) is 0 Å². The number of aryl methyl sites for hydroxylation is 2. The second-order valence-electron chi connectivity index (χ2n) is 5.56. The number of rotatable bonds is 5. The molecule has 0 bridgehead atoms. The molecule has 0 amide bonds. The summed E-state index contributed by atoms with van der Waals surface area (Å²) in [5.41, 5.74) is 2.98. The largest absolute Gasteiger partial charge is 0.508 e. The lowest BCUT2D eigenvalue weighted by Crippen LogP contribution is -2.23. The third kappa shape index (κ3) is 3.69. The Morgan fingerprint density at radius 3 is 2.30 bits per heavy atom. The Morgan fingerprint density at radius 1 is 0.783 bits per heavy atom. The van der Waals surface area contributed by atoms with Crippen LogP contribution >= 0.6 is 0 Å². The number of aromatic hydroxyl groups is 1. The zero-order valence-corrected chi connectivity index (χ0v) is 12.9. The highest BCUT2D eigenvalue weighted by Gasteiger charge is 2.06. The Balaban J connectivity index is 1.84. The summed E-state index contributed by atoms with van der Waals surface area (Å²) in [6.07, 6.45) is 1.41. The first-order chi connectivity index (χ1) is 11.2. The maximum Gasteiger partial charge on any atom is 0.251 e. The lowest BCUT2D eigenvalue weighted by atomic mass is 10.1. The van der Waals surface area contributed by atoms with Crippen molar-refractivity contribution in [1.29, 1.82) is 0 Å². The maximum absolute atomic E-state index is 12.2. The molecule has 3 aromatic rings. The fourth-order valence-corrected chi connectivity index (χ4v) is 2.71. The Hall–Kier alpha value is -2.81. The smallest absolute Gasteiger partial charge is 0.251 e. The summed E-state index contributed by atoms with van der Waals surface area (Å²) < 4.78 is 1.80. The molecule has 0 aliphatic rings. The summed E-state index contributed by atoms with van der Waals surface area (Å²) in [4.78, 5) is 12.2. The van der Waals surface area contributed by atoms with Crippen LogP contribution in [0.5, 0.6) is 5.75 Å². The van der Waals surface area contributed by atoms with Gasteiger partial charge in [0.25, 0.3) is 5.56 Å². The lowest BCUT2D eigenvalue weighted by molar-refractivity contribution is 0.467. The molecule has 0 atom stereocenters. The Morgan fingerprint density at radius 2 is 1.52 bits per heavy atom. The van der Waals surface area contributed by atoms with Crippen molar-refractivity contribution in [3.8, 4) is 5.75 Å². The number of phenolic OH excluding ortho intramolecular Hbond substituents is 1. The minimum atomic E-state index is 0.00337. The molecule has 0 spiro atoms. The van der Waals surface area contributed by atoms with Gasteiger partial charge >= 0.3 is 0 Å². The molecule has 0 aliphatic heterocycles. The number of hydrogen-bond acceptors (Lipinski definition) is 2. The van der Waals surface area contributed by atoms with Crippen LogP contribution < -0.4 is 5.56 Å². The second kappa shape index (κ2) is 6.97. The molecule has 3 nitrogen and oxygen atoms in total. The van der Waals surface area contributed by atoms with Gasteiger partial charge in [-0.05, 0) is 36.1 Å². The van der Waals surface area contributed by atoms with Crippen molar-refractivity contribution >= 4 is 0 Å². The van der Waals surface area contributed by atoms with Gasteiger partial charge in [0.05, 0.1) is 6.54 Å². The molecule has 3 rings (SSSR count). The average Bonchev–Trinajstić information content (AvgIpc) is 2.58. The molecular formula is C20H19NO2. The molecule has 1 heterocycles. The predicted molar refractivity (Wildman–Crippen MR) is 91.8 cm³/mol. The summed E-state index contributed by atoms with van der Waals surface area (Å²) in [6.45, 7) is 0.566. The highest BCUT2D eigenvalue weighted by Crippen LogP contribution is 2.18. The molecule has 23 heavy (non-hydrogen) atoms. The van der Waals surface area contributed by atoms with Gasteiger partial charge in [0.1, 0.15) is 5.75 Å². The second-order valence-corrected chi connectivity index (χ2v) is 5.56. The molecule has 0 unspecified atom stereocenters. The quantitative estimate of drug-likeness (QED) is 0.785. The summed E-state index contributed by atoms with van der Waals surface area (Å²) in [6, 6.07) is 22.7. The zero-order chi connectivity index (χ0) is 16.1. The Kier molecular flexibility index (Phi) is 4.57. The van der Waals surface area contributed by atoms with E-state index in [0.29, 0.717) is 25.1 Å². The molecule has 0 fully saturated rings. The van der Waals surface area contributed by atoms with E-state index in [4.69, 9.17) is 0 Å². The number of nitrogens with zero attached hydrogens (tertiary/aromatic N) is 1. The van der Waals surface area contributed by atoms with Gasteiger partial charge in [-0.15, -0.1) is 0 Å².